The fraction of sp³-hybridized carbons (Fsp3) is 0.0833. The van der Waals surface area contributed by atoms with E-state index in [9.17, 15) is 0 Å². The fourth-order valence-electron chi connectivity index (χ4n) is 1.34. The van der Waals surface area contributed by atoms with Crippen molar-refractivity contribution in [2.45, 2.75) is 0 Å². The van der Waals surface area contributed by atoms with Gasteiger partial charge in [0.15, 0.2) is 0 Å². The van der Waals surface area contributed by atoms with E-state index in [1.807, 2.05) is 30.3 Å². The highest BCUT2D eigenvalue weighted by Crippen LogP contribution is 2.18. The van der Waals surface area contributed by atoms with Gasteiger partial charge in [-0.3, -0.25) is 0 Å². The number of nitrogens with one attached hydrogen (secondary N) is 1. The molecule has 0 atom stereocenters. The van der Waals surface area contributed by atoms with Gasteiger partial charge in [0.1, 0.15) is 23.2 Å². The Kier molecular flexibility index (Phi) is 3.25. The summed E-state index contributed by atoms with van der Waals surface area (Å²) in [5, 5.41) is 11.7. The van der Waals surface area contributed by atoms with E-state index in [-0.39, 0.29) is 11.4 Å². The number of anilines is 3. The first kappa shape index (κ1) is 11.7. The summed E-state index contributed by atoms with van der Waals surface area (Å²) in [4.78, 5) is 7.98. The lowest BCUT2D eigenvalue weighted by atomic mass is 10.3. The highest BCUT2D eigenvalue weighted by molar-refractivity contribution is 5.57. The van der Waals surface area contributed by atoms with Gasteiger partial charge in [-0.1, -0.05) is 0 Å². The van der Waals surface area contributed by atoms with Gasteiger partial charge in [-0.2, -0.15) is 10.2 Å². The fourth-order valence-corrected chi connectivity index (χ4v) is 1.34. The maximum absolute atomic E-state index is 8.71. The van der Waals surface area contributed by atoms with Crippen LogP contribution in [0, 0.1) is 11.3 Å². The van der Waals surface area contributed by atoms with Crippen LogP contribution in [-0.4, -0.2) is 17.1 Å². The highest BCUT2D eigenvalue weighted by atomic mass is 16.5. The minimum atomic E-state index is 0.156. The van der Waals surface area contributed by atoms with Crippen LogP contribution in [0.1, 0.15) is 5.56 Å². The summed E-state index contributed by atoms with van der Waals surface area (Å²) < 4.78 is 5.05. The molecule has 0 amide bonds. The normalized spacial score (nSPS) is 9.56. The zero-order valence-corrected chi connectivity index (χ0v) is 9.71. The van der Waals surface area contributed by atoms with E-state index >= 15 is 0 Å². The van der Waals surface area contributed by atoms with Crippen LogP contribution in [0.15, 0.2) is 30.5 Å². The third-order valence-corrected chi connectivity index (χ3v) is 2.28. The van der Waals surface area contributed by atoms with E-state index < -0.39 is 0 Å². The minimum absolute atomic E-state index is 0.156. The maximum atomic E-state index is 8.71. The molecule has 18 heavy (non-hydrogen) atoms. The molecule has 2 aromatic rings. The third kappa shape index (κ3) is 2.47. The van der Waals surface area contributed by atoms with Gasteiger partial charge in [0.2, 0.25) is 5.95 Å². The zero-order valence-electron chi connectivity index (χ0n) is 9.71. The average molecular weight is 241 g/mol. The van der Waals surface area contributed by atoms with E-state index in [0.717, 1.165) is 11.4 Å². The second-order valence-electron chi connectivity index (χ2n) is 3.46. The van der Waals surface area contributed by atoms with Crippen molar-refractivity contribution in [1.82, 2.24) is 9.97 Å². The molecule has 2 rings (SSSR count). The van der Waals surface area contributed by atoms with Crippen LogP contribution in [0.4, 0.5) is 17.5 Å². The summed E-state index contributed by atoms with van der Waals surface area (Å²) in [7, 11) is 1.60. The van der Waals surface area contributed by atoms with E-state index in [0.29, 0.717) is 5.95 Å². The Morgan fingerprint density at radius 2 is 2.06 bits per heavy atom. The molecule has 6 heteroatoms. The zero-order chi connectivity index (χ0) is 13.0. The van der Waals surface area contributed by atoms with Crippen LogP contribution in [-0.2, 0) is 0 Å². The number of nitrogens with two attached hydrogens (primary N) is 1. The van der Waals surface area contributed by atoms with Crippen molar-refractivity contribution in [1.29, 1.82) is 5.26 Å². The number of aromatic nitrogens is 2. The van der Waals surface area contributed by atoms with Crippen LogP contribution in [0.3, 0.4) is 0 Å². The number of hydrogen-bond donors (Lipinski definition) is 2. The molecule has 1 heterocycles. The van der Waals surface area contributed by atoms with Gasteiger partial charge in [-0.05, 0) is 24.3 Å². The van der Waals surface area contributed by atoms with Crippen molar-refractivity contribution in [3.8, 4) is 11.8 Å². The minimum Gasteiger partial charge on any atom is -0.497 e. The summed E-state index contributed by atoms with van der Waals surface area (Å²) in [5.41, 5.74) is 6.66. The van der Waals surface area contributed by atoms with Gasteiger partial charge in [-0.15, -0.1) is 0 Å². The third-order valence-electron chi connectivity index (χ3n) is 2.28. The largest absolute Gasteiger partial charge is 0.497 e. The van der Waals surface area contributed by atoms with Crippen molar-refractivity contribution < 1.29 is 4.74 Å². The Hall–Kier alpha value is -2.81. The Morgan fingerprint density at radius 3 is 2.61 bits per heavy atom. The topological polar surface area (TPSA) is 96.8 Å². The number of nitrogen functional groups attached to an aromatic ring is 1. The van der Waals surface area contributed by atoms with Crippen molar-refractivity contribution in [2.75, 3.05) is 18.2 Å². The van der Waals surface area contributed by atoms with Gasteiger partial charge in [0, 0.05) is 5.69 Å². The van der Waals surface area contributed by atoms with E-state index in [1.54, 1.807) is 7.11 Å². The first-order valence-electron chi connectivity index (χ1n) is 5.16. The predicted molar refractivity (Wildman–Crippen MR) is 67.4 cm³/mol. The summed E-state index contributed by atoms with van der Waals surface area (Å²) in [5.74, 6) is 1.26. The Bertz CT molecular complexity index is 588. The van der Waals surface area contributed by atoms with Crippen molar-refractivity contribution in [2.24, 2.45) is 0 Å². The number of hydrogen-bond acceptors (Lipinski definition) is 6. The molecule has 0 saturated carbocycles. The van der Waals surface area contributed by atoms with Crippen LogP contribution < -0.4 is 15.8 Å². The summed E-state index contributed by atoms with van der Waals surface area (Å²) >= 11 is 0. The average Bonchev–Trinajstić information content (AvgIpc) is 2.40. The SMILES string of the molecule is COc1ccc(Nc2ncc(C#N)c(N)n2)cc1. The molecular formula is C12H11N5O. The molecule has 0 bridgehead atoms. The molecule has 0 aliphatic heterocycles. The maximum Gasteiger partial charge on any atom is 0.229 e. The molecule has 0 aliphatic rings. The quantitative estimate of drug-likeness (QED) is 0.848. The highest BCUT2D eigenvalue weighted by Gasteiger charge is 2.03. The number of rotatable bonds is 3. The van der Waals surface area contributed by atoms with Gasteiger partial charge in [0.25, 0.3) is 0 Å². The van der Waals surface area contributed by atoms with Crippen molar-refractivity contribution >= 4 is 17.5 Å². The molecule has 1 aromatic heterocycles. The lowest BCUT2D eigenvalue weighted by Gasteiger charge is -2.06. The van der Waals surface area contributed by atoms with Crippen molar-refractivity contribution in [3.63, 3.8) is 0 Å². The molecule has 0 unspecified atom stereocenters. The monoisotopic (exact) mass is 241 g/mol. The van der Waals surface area contributed by atoms with Crippen LogP contribution >= 0.6 is 0 Å². The molecule has 0 fully saturated rings. The van der Waals surface area contributed by atoms with Crippen LogP contribution in [0.5, 0.6) is 5.75 Å². The summed E-state index contributed by atoms with van der Waals surface area (Å²) in [6, 6.07) is 9.20. The molecule has 6 nitrogen and oxygen atoms in total. The molecule has 0 saturated heterocycles. The number of nitriles is 1. The van der Waals surface area contributed by atoms with Gasteiger partial charge in [0.05, 0.1) is 13.3 Å². The lowest BCUT2D eigenvalue weighted by molar-refractivity contribution is 0.415. The standard InChI is InChI=1S/C12H11N5O/c1-18-10-4-2-9(3-5-10)16-12-15-7-8(6-13)11(14)17-12/h2-5,7H,1H3,(H3,14,15,16,17). The second kappa shape index (κ2) is 5.01. The summed E-state index contributed by atoms with van der Waals surface area (Å²) in [6.45, 7) is 0. The Balaban J connectivity index is 2.18. The van der Waals surface area contributed by atoms with E-state index in [2.05, 4.69) is 15.3 Å². The molecule has 1 aromatic carbocycles. The Labute approximate surface area is 104 Å². The van der Waals surface area contributed by atoms with E-state index in [4.69, 9.17) is 15.7 Å². The van der Waals surface area contributed by atoms with Gasteiger partial charge >= 0.3 is 0 Å². The van der Waals surface area contributed by atoms with Crippen molar-refractivity contribution in [3.05, 3.63) is 36.0 Å². The number of nitrogens with zero attached hydrogens (tertiary/aromatic N) is 3. The molecule has 0 spiro atoms. The predicted octanol–water partition coefficient (Wildman–Crippen LogP) is 1.68. The van der Waals surface area contributed by atoms with E-state index in [1.165, 1.54) is 6.20 Å². The molecule has 3 N–H and O–H groups in total. The van der Waals surface area contributed by atoms with Gasteiger partial charge in [-0.25, -0.2) is 4.98 Å². The number of ether oxygens (including phenoxy) is 1. The molecular weight excluding hydrogens is 230 g/mol. The Morgan fingerprint density at radius 1 is 1.33 bits per heavy atom. The first-order valence-corrected chi connectivity index (χ1v) is 5.16. The molecule has 0 radical (unpaired) electrons. The van der Waals surface area contributed by atoms with Crippen LogP contribution in [0.25, 0.3) is 0 Å². The smallest absolute Gasteiger partial charge is 0.229 e. The molecule has 90 valence electrons. The summed E-state index contributed by atoms with van der Waals surface area (Å²) in [6.07, 6.45) is 1.38. The van der Waals surface area contributed by atoms with Gasteiger partial charge < -0.3 is 15.8 Å². The number of methoxy groups -OCH3 is 1. The first-order chi connectivity index (χ1) is 8.72. The second-order valence-corrected chi connectivity index (χ2v) is 3.46. The molecule has 0 aliphatic carbocycles. The number of benzene rings is 1. The lowest BCUT2D eigenvalue weighted by Crippen LogP contribution is -2.02. The van der Waals surface area contributed by atoms with Crippen LogP contribution in [0.2, 0.25) is 0 Å².